The van der Waals surface area contributed by atoms with E-state index in [-0.39, 0.29) is 0 Å². The second kappa shape index (κ2) is 7.05. The highest BCUT2D eigenvalue weighted by molar-refractivity contribution is 9.11. The van der Waals surface area contributed by atoms with Crippen LogP contribution >= 0.6 is 27.3 Å². The maximum Gasteiger partial charge on any atom is 0.0702 e. The molecule has 4 heteroatoms. The van der Waals surface area contributed by atoms with Gasteiger partial charge in [0.25, 0.3) is 0 Å². The van der Waals surface area contributed by atoms with Crippen molar-refractivity contribution in [3.63, 3.8) is 0 Å². The van der Waals surface area contributed by atoms with Crippen LogP contribution in [-0.2, 0) is 0 Å². The lowest BCUT2D eigenvalue weighted by molar-refractivity contribution is 0.243. The van der Waals surface area contributed by atoms with Gasteiger partial charge in [-0.05, 0) is 59.1 Å². The molecule has 0 saturated carbocycles. The Morgan fingerprint density at radius 3 is 2.76 bits per heavy atom. The van der Waals surface area contributed by atoms with Gasteiger partial charge in [0.2, 0.25) is 0 Å². The van der Waals surface area contributed by atoms with Gasteiger partial charge in [-0.15, -0.1) is 11.3 Å². The summed E-state index contributed by atoms with van der Waals surface area (Å²) in [5.74, 6) is 0. The second-order valence-electron chi connectivity index (χ2n) is 5.54. The van der Waals surface area contributed by atoms with Crippen LogP contribution in [0.5, 0.6) is 0 Å². The molecule has 1 unspecified atom stereocenters. The van der Waals surface area contributed by atoms with Crippen molar-refractivity contribution in [3.8, 4) is 0 Å². The molecule has 1 aromatic heterocycles. The first-order valence-electron chi connectivity index (χ1n) is 7.51. The summed E-state index contributed by atoms with van der Waals surface area (Å²) in [6.45, 7) is 6.69. The van der Waals surface area contributed by atoms with Crippen LogP contribution in [0.1, 0.15) is 28.5 Å². The monoisotopic (exact) mass is 364 g/mol. The molecule has 0 aliphatic carbocycles. The lowest BCUT2D eigenvalue weighted by Crippen LogP contribution is -2.33. The van der Waals surface area contributed by atoms with E-state index >= 15 is 0 Å². The second-order valence-corrected chi connectivity index (χ2v) is 8.04. The average Bonchev–Trinajstić information content (AvgIpc) is 2.74. The Kier molecular flexibility index (Phi) is 5.11. The molecule has 1 aliphatic heterocycles. The van der Waals surface area contributed by atoms with Crippen LogP contribution in [0.4, 0.5) is 0 Å². The van der Waals surface area contributed by atoms with Crippen molar-refractivity contribution < 1.29 is 0 Å². The molecule has 1 aromatic carbocycles. The van der Waals surface area contributed by atoms with Crippen LogP contribution < -0.4 is 5.32 Å². The lowest BCUT2D eigenvalue weighted by Gasteiger charge is -2.31. The molecule has 0 radical (unpaired) electrons. The fraction of sp³-hybridized carbons (Fsp3) is 0.412. The van der Waals surface area contributed by atoms with Crippen LogP contribution in [0.3, 0.4) is 0 Å². The van der Waals surface area contributed by atoms with Gasteiger partial charge in [0.15, 0.2) is 0 Å². The maximum absolute atomic E-state index is 3.62. The van der Waals surface area contributed by atoms with Crippen LogP contribution in [-0.4, -0.2) is 31.1 Å². The fourth-order valence-electron chi connectivity index (χ4n) is 3.02. The third kappa shape index (κ3) is 3.57. The molecular weight excluding hydrogens is 344 g/mol. The van der Waals surface area contributed by atoms with E-state index in [1.807, 2.05) is 11.3 Å². The predicted molar refractivity (Wildman–Crippen MR) is 94.1 cm³/mol. The molecule has 0 bridgehead atoms. The first kappa shape index (κ1) is 15.2. The van der Waals surface area contributed by atoms with Crippen molar-refractivity contribution in [1.82, 2.24) is 10.2 Å². The van der Waals surface area contributed by atoms with Gasteiger partial charge in [-0.2, -0.15) is 0 Å². The minimum atomic E-state index is 0.377. The molecule has 2 heterocycles. The topological polar surface area (TPSA) is 15.3 Å². The SMILES string of the molecule is Cc1ccccc1C(c1ccc(Br)s1)N1CCCNCC1. The van der Waals surface area contributed by atoms with E-state index in [2.05, 4.69) is 69.5 Å². The highest BCUT2D eigenvalue weighted by Crippen LogP contribution is 2.36. The van der Waals surface area contributed by atoms with Crippen molar-refractivity contribution in [2.45, 2.75) is 19.4 Å². The zero-order valence-electron chi connectivity index (χ0n) is 12.3. The highest BCUT2D eigenvalue weighted by atomic mass is 79.9. The molecular formula is C17H21BrN2S. The van der Waals surface area contributed by atoms with Crippen molar-refractivity contribution in [2.75, 3.05) is 26.2 Å². The average molecular weight is 365 g/mol. The van der Waals surface area contributed by atoms with Crippen LogP contribution in [0, 0.1) is 6.92 Å². The van der Waals surface area contributed by atoms with Gasteiger partial charge in [0.1, 0.15) is 0 Å². The predicted octanol–water partition coefficient (Wildman–Crippen LogP) is 4.20. The minimum absolute atomic E-state index is 0.377. The summed E-state index contributed by atoms with van der Waals surface area (Å²) < 4.78 is 1.21. The summed E-state index contributed by atoms with van der Waals surface area (Å²) in [5.41, 5.74) is 2.82. The molecule has 112 valence electrons. The molecule has 1 atom stereocenters. The summed E-state index contributed by atoms with van der Waals surface area (Å²) in [4.78, 5) is 4.05. The minimum Gasteiger partial charge on any atom is -0.315 e. The van der Waals surface area contributed by atoms with E-state index < -0.39 is 0 Å². The number of hydrogen-bond donors (Lipinski definition) is 1. The van der Waals surface area contributed by atoms with Crippen molar-refractivity contribution in [1.29, 1.82) is 0 Å². The first-order valence-corrected chi connectivity index (χ1v) is 9.12. The molecule has 1 N–H and O–H groups in total. The molecule has 21 heavy (non-hydrogen) atoms. The van der Waals surface area contributed by atoms with Gasteiger partial charge in [0, 0.05) is 24.5 Å². The third-order valence-electron chi connectivity index (χ3n) is 4.09. The zero-order chi connectivity index (χ0) is 14.7. The van der Waals surface area contributed by atoms with Gasteiger partial charge in [-0.3, -0.25) is 4.90 Å². The van der Waals surface area contributed by atoms with Crippen LogP contribution in [0.15, 0.2) is 40.2 Å². The standard InChI is InChI=1S/C17H21BrN2S/c1-13-5-2-3-6-14(13)17(15-7-8-16(18)21-15)20-11-4-9-19-10-12-20/h2-3,5-8,17,19H,4,9-12H2,1H3. The molecule has 3 rings (SSSR count). The Morgan fingerprint density at radius 1 is 1.14 bits per heavy atom. The molecule has 1 fully saturated rings. The summed E-state index contributed by atoms with van der Waals surface area (Å²) in [7, 11) is 0. The van der Waals surface area contributed by atoms with Gasteiger partial charge >= 0.3 is 0 Å². The number of hydrogen-bond acceptors (Lipinski definition) is 3. The fourth-order valence-corrected chi connectivity index (χ4v) is 4.60. The van der Waals surface area contributed by atoms with E-state index in [1.54, 1.807) is 0 Å². The van der Waals surface area contributed by atoms with Crippen molar-refractivity contribution >= 4 is 27.3 Å². The molecule has 0 spiro atoms. The summed E-state index contributed by atoms with van der Waals surface area (Å²) in [5, 5.41) is 3.51. The van der Waals surface area contributed by atoms with Crippen molar-refractivity contribution in [2.24, 2.45) is 0 Å². The Labute approximate surface area is 139 Å². The summed E-state index contributed by atoms with van der Waals surface area (Å²) >= 11 is 5.47. The molecule has 2 nitrogen and oxygen atoms in total. The van der Waals surface area contributed by atoms with Gasteiger partial charge in [0.05, 0.1) is 9.83 Å². The van der Waals surface area contributed by atoms with Crippen LogP contribution in [0.2, 0.25) is 0 Å². The number of nitrogens with zero attached hydrogens (tertiary/aromatic N) is 1. The van der Waals surface area contributed by atoms with E-state index in [0.29, 0.717) is 6.04 Å². The number of benzene rings is 1. The smallest absolute Gasteiger partial charge is 0.0702 e. The molecule has 1 saturated heterocycles. The number of nitrogens with one attached hydrogen (secondary N) is 1. The Morgan fingerprint density at radius 2 is 2.00 bits per heavy atom. The molecule has 0 amide bonds. The highest BCUT2D eigenvalue weighted by Gasteiger charge is 2.25. The number of rotatable bonds is 3. The summed E-state index contributed by atoms with van der Waals surface area (Å²) in [6.07, 6.45) is 1.22. The molecule has 1 aliphatic rings. The van der Waals surface area contributed by atoms with E-state index in [9.17, 15) is 0 Å². The Balaban J connectivity index is 2.00. The lowest BCUT2D eigenvalue weighted by atomic mass is 9.98. The number of halogens is 1. The number of aryl methyl sites for hydroxylation is 1. The molecule has 2 aromatic rings. The van der Waals surface area contributed by atoms with E-state index in [4.69, 9.17) is 0 Å². The van der Waals surface area contributed by atoms with E-state index in [1.165, 1.54) is 26.2 Å². The first-order chi connectivity index (χ1) is 10.3. The largest absolute Gasteiger partial charge is 0.315 e. The maximum atomic E-state index is 3.62. The Hall–Kier alpha value is -0.680. The number of thiophene rings is 1. The van der Waals surface area contributed by atoms with Gasteiger partial charge in [-0.1, -0.05) is 24.3 Å². The van der Waals surface area contributed by atoms with Gasteiger partial charge in [-0.25, -0.2) is 0 Å². The van der Waals surface area contributed by atoms with Crippen LogP contribution in [0.25, 0.3) is 0 Å². The van der Waals surface area contributed by atoms with E-state index in [0.717, 1.165) is 26.2 Å². The third-order valence-corrected chi connectivity index (χ3v) is 5.76. The summed E-state index contributed by atoms with van der Waals surface area (Å²) in [6, 6.07) is 13.6. The van der Waals surface area contributed by atoms with Crippen molar-refractivity contribution in [3.05, 3.63) is 56.2 Å². The Bertz CT molecular complexity index is 588. The van der Waals surface area contributed by atoms with Gasteiger partial charge < -0.3 is 5.32 Å². The zero-order valence-corrected chi connectivity index (χ0v) is 14.7. The normalized spacial score (nSPS) is 18.4. The quantitative estimate of drug-likeness (QED) is 0.877.